The third-order valence-corrected chi connectivity index (χ3v) is 2.23. The Labute approximate surface area is 131 Å². The van der Waals surface area contributed by atoms with Crippen LogP contribution in [0.15, 0.2) is 30.1 Å². The lowest BCUT2D eigenvalue weighted by Crippen LogP contribution is -2.02. The van der Waals surface area contributed by atoms with E-state index in [1.165, 1.54) is 26.2 Å². The molecule has 0 aliphatic rings. The summed E-state index contributed by atoms with van der Waals surface area (Å²) in [6, 6.07) is 0. The monoisotopic (exact) mass is 317 g/mol. The number of carboxylic acids is 2. The molecule has 0 amide bonds. The number of carboxylic acid groups (broad SMARTS) is 2. The second kappa shape index (κ2) is 18.8. The summed E-state index contributed by atoms with van der Waals surface area (Å²) in [6.45, 7) is 11.6. The van der Waals surface area contributed by atoms with Crippen molar-refractivity contribution >= 4 is 11.9 Å². The maximum Gasteiger partial charge on any atom is 0.330 e. The summed E-state index contributed by atoms with van der Waals surface area (Å²) in [5.74, 6) is -1.92. The van der Waals surface area contributed by atoms with Gasteiger partial charge in [0.05, 0.1) is 0 Å². The zero-order valence-electron chi connectivity index (χ0n) is 13.6. The Kier molecular flexibility index (Phi) is 21.2. The smallest absolute Gasteiger partial charge is 0.330 e. The van der Waals surface area contributed by atoms with E-state index < -0.39 is 11.9 Å². The Hall–Kier alpha value is -2.18. The first-order chi connectivity index (χ1) is 10.2. The molecule has 0 saturated heterocycles. The largest absolute Gasteiger partial charge is 0.478 e. The van der Waals surface area contributed by atoms with E-state index in [1.807, 2.05) is 6.92 Å². The van der Waals surface area contributed by atoms with Gasteiger partial charge in [-0.15, -0.1) is 4.91 Å². The van der Waals surface area contributed by atoms with Crippen LogP contribution in [0.4, 0.5) is 0 Å². The minimum Gasteiger partial charge on any atom is -0.478 e. The van der Waals surface area contributed by atoms with Crippen LogP contribution in [-0.2, 0) is 14.4 Å². The van der Waals surface area contributed by atoms with Gasteiger partial charge >= 0.3 is 11.9 Å². The lowest BCUT2D eigenvalue weighted by Gasteiger charge is -2.05. The average molecular weight is 317 g/mol. The van der Waals surface area contributed by atoms with Gasteiger partial charge in [0, 0.05) is 11.6 Å². The van der Waals surface area contributed by atoms with Crippen LogP contribution in [0.25, 0.3) is 0 Å². The predicted molar refractivity (Wildman–Crippen MR) is 85.4 cm³/mol. The first kappa shape index (κ1) is 24.8. The Morgan fingerprint density at radius 2 is 1.73 bits per heavy atom. The second-order valence-electron chi connectivity index (χ2n) is 4.47. The highest BCUT2D eigenvalue weighted by Gasteiger charge is 2.00. The molecular formula is C15H27NO6. The summed E-state index contributed by atoms with van der Waals surface area (Å²) < 4.78 is 0. The van der Waals surface area contributed by atoms with Crippen molar-refractivity contribution in [1.29, 1.82) is 0 Å². The molecule has 0 bridgehead atoms. The summed E-state index contributed by atoms with van der Waals surface area (Å²) in [7, 11) is 0. The molecule has 7 nitrogen and oxygen atoms in total. The van der Waals surface area contributed by atoms with Crippen LogP contribution in [0.2, 0.25) is 0 Å². The molecule has 0 saturated carbocycles. The molecule has 22 heavy (non-hydrogen) atoms. The molecule has 0 aliphatic heterocycles. The Bertz CT molecular complexity index is 329. The van der Waals surface area contributed by atoms with Crippen molar-refractivity contribution in [1.82, 2.24) is 0 Å². The van der Waals surface area contributed by atoms with Crippen LogP contribution < -0.4 is 0 Å². The lowest BCUT2D eigenvalue weighted by atomic mass is 10.1. The fourth-order valence-corrected chi connectivity index (χ4v) is 0.985. The molecule has 0 aliphatic carbocycles. The summed E-state index contributed by atoms with van der Waals surface area (Å²) >= 11 is 0. The quantitative estimate of drug-likeness (QED) is 0.288. The van der Waals surface area contributed by atoms with Gasteiger partial charge < -0.3 is 15.1 Å². The van der Waals surface area contributed by atoms with Crippen molar-refractivity contribution in [2.75, 3.05) is 0 Å². The van der Waals surface area contributed by atoms with Gasteiger partial charge in [-0.2, -0.15) is 0 Å². The summed E-state index contributed by atoms with van der Waals surface area (Å²) in [5.41, 5.74) is 0.176. The standard InChI is InChI=1S/C8H17NO2.C4H6O2.C3H4O2/c1-3-4-5-6-7-8(2)11-9-10;1-3(2)4(5)6;1-2-3(4)5/h8H,3-7H2,1-2H3;1H2,2H3,(H,5,6);2H,1H2,(H,4,5). The predicted octanol–water partition coefficient (Wildman–Crippen LogP) is 3.95. The average Bonchev–Trinajstić information content (AvgIpc) is 2.45. The highest BCUT2D eigenvalue weighted by Crippen LogP contribution is 2.07. The third kappa shape index (κ3) is 30.7. The fraction of sp³-hybridized carbons (Fsp3) is 0.600. The van der Waals surface area contributed by atoms with Gasteiger partial charge in [-0.1, -0.05) is 39.3 Å². The molecule has 0 radical (unpaired) electrons. The van der Waals surface area contributed by atoms with Gasteiger partial charge in [-0.25, -0.2) is 9.59 Å². The number of carbonyl (C=O) groups is 2. The highest BCUT2D eigenvalue weighted by molar-refractivity contribution is 5.84. The zero-order chi connectivity index (χ0) is 18.0. The zero-order valence-corrected chi connectivity index (χ0v) is 13.6. The molecule has 0 aromatic rings. The molecule has 0 aromatic carbocycles. The minimum absolute atomic E-state index is 0.00986. The SMILES string of the molecule is C=C(C)C(=O)O.C=CC(=O)O.CCCCCCC(C)ON=O. The molecule has 0 aromatic heterocycles. The van der Waals surface area contributed by atoms with Crippen molar-refractivity contribution in [3.05, 3.63) is 29.7 Å². The van der Waals surface area contributed by atoms with Crippen LogP contribution in [0, 0.1) is 4.91 Å². The maximum atomic E-state index is 9.63. The molecule has 0 spiro atoms. The fourth-order valence-electron chi connectivity index (χ4n) is 0.985. The minimum atomic E-state index is -0.981. The van der Waals surface area contributed by atoms with E-state index in [-0.39, 0.29) is 11.7 Å². The number of hydrogen-bond acceptors (Lipinski definition) is 5. The molecule has 2 N–H and O–H groups in total. The maximum absolute atomic E-state index is 9.63. The van der Waals surface area contributed by atoms with E-state index in [1.54, 1.807) is 0 Å². The molecule has 0 heterocycles. The Morgan fingerprint density at radius 1 is 1.27 bits per heavy atom. The summed E-state index contributed by atoms with van der Waals surface area (Å²) in [5, 5.41) is 17.9. The van der Waals surface area contributed by atoms with Crippen LogP contribution in [0.5, 0.6) is 0 Å². The van der Waals surface area contributed by atoms with Crippen molar-refractivity contribution in [3.8, 4) is 0 Å². The number of hydrogen-bond donors (Lipinski definition) is 2. The molecule has 7 heteroatoms. The number of rotatable bonds is 9. The Balaban J connectivity index is -0.000000277. The lowest BCUT2D eigenvalue weighted by molar-refractivity contribution is -0.133. The number of aliphatic carboxylic acids is 2. The molecular weight excluding hydrogens is 290 g/mol. The molecule has 1 atom stereocenters. The van der Waals surface area contributed by atoms with Gasteiger partial charge in [-0.05, 0) is 26.7 Å². The Morgan fingerprint density at radius 3 is 2.00 bits per heavy atom. The van der Waals surface area contributed by atoms with Gasteiger partial charge in [0.2, 0.25) is 0 Å². The van der Waals surface area contributed by atoms with Gasteiger partial charge in [0.1, 0.15) is 6.10 Å². The van der Waals surface area contributed by atoms with Gasteiger partial charge in [0.25, 0.3) is 0 Å². The first-order valence-electron chi connectivity index (χ1n) is 6.95. The molecule has 0 rings (SSSR count). The van der Waals surface area contributed by atoms with E-state index in [2.05, 4.69) is 30.3 Å². The first-order valence-corrected chi connectivity index (χ1v) is 6.95. The van der Waals surface area contributed by atoms with Crippen LogP contribution >= 0.6 is 0 Å². The third-order valence-electron chi connectivity index (χ3n) is 2.23. The second-order valence-corrected chi connectivity index (χ2v) is 4.47. The normalized spacial score (nSPS) is 9.77. The van der Waals surface area contributed by atoms with Gasteiger partial charge in [0.15, 0.2) is 5.34 Å². The van der Waals surface area contributed by atoms with Crippen molar-refractivity contribution in [2.45, 2.75) is 59.0 Å². The summed E-state index contributed by atoms with van der Waals surface area (Å²) in [4.78, 5) is 33.0. The molecule has 0 fully saturated rings. The van der Waals surface area contributed by atoms with E-state index in [9.17, 15) is 14.5 Å². The van der Waals surface area contributed by atoms with E-state index in [0.717, 1.165) is 18.9 Å². The van der Waals surface area contributed by atoms with E-state index in [4.69, 9.17) is 10.2 Å². The molecule has 1 unspecified atom stereocenters. The van der Waals surface area contributed by atoms with Crippen LogP contribution in [-0.4, -0.2) is 28.3 Å². The number of unbranched alkanes of at least 4 members (excludes halogenated alkanes) is 3. The highest BCUT2D eigenvalue weighted by atomic mass is 16.7. The van der Waals surface area contributed by atoms with Crippen molar-refractivity contribution in [3.63, 3.8) is 0 Å². The van der Waals surface area contributed by atoms with Crippen LogP contribution in [0.1, 0.15) is 52.9 Å². The van der Waals surface area contributed by atoms with E-state index >= 15 is 0 Å². The molecule has 128 valence electrons. The van der Waals surface area contributed by atoms with Crippen LogP contribution in [0.3, 0.4) is 0 Å². The van der Waals surface area contributed by atoms with Gasteiger partial charge in [-0.3, -0.25) is 0 Å². The van der Waals surface area contributed by atoms with Crippen molar-refractivity contribution in [2.24, 2.45) is 5.34 Å². The summed E-state index contributed by atoms with van der Waals surface area (Å²) in [6.07, 6.45) is 6.62. The number of nitrogens with zero attached hydrogens (tertiary/aromatic N) is 1. The topological polar surface area (TPSA) is 113 Å². The van der Waals surface area contributed by atoms with Crippen molar-refractivity contribution < 1.29 is 24.6 Å². The van der Waals surface area contributed by atoms with E-state index in [0.29, 0.717) is 0 Å².